The van der Waals surface area contributed by atoms with Crippen LogP contribution in [0.1, 0.15) is 23.0 Å². The number of imidazole rings is 1. The lowest BCUT2D eigenvalue weighted by Crippen LogP contribution is -2.24. The summed E-state index contributed by atoms with van der Waals surface area (Å²) in [4.78, 5) is 24.5. The van der Waals surface area contributed by atoms with Crippen molar-refractivity contribution in [3.05, 3.63) is 66.0 Å². The number of nitrogen functional groups attached to an aromatic ring is 1. The molecular formula is C21H17N11. The predicted octanol–water partition coefficient (Wildman–Crippen LogP) is 1.76. The monoisotopic (exact) mass is 423 g/mol. The number of aromatic amines is 1. The first-order valence-electron chi connectivity index (χ1n) is 9.48. The fourth-order valence-corrected chi connectivity index (χ4v) is 2.94. The maximum Gasteiger partial charge on any atom is 0.224 e. The Bertz CT molecular complexity index is 1320. The van der Waals surface area contributed by atoms with Crippen molar-refractivity contribution < 1.29 is 0 Å². The number of nitrogens with zero attached hydrogens (tertiary/aromatic N) is 7. The molecule has 1 unspecified atom stereocenters. The van der Waals surface area contributed by atoms with E-state index >= 15 is 0 Å². The number of nitrogens with one attached hydrogen (secondary N) is 2. The summed E-state index contributed by atoms with van der Waals surface area (Å²) in [6.07, 6.45) is 6.36. The van der Waals surface area contributed by atoms with Crippen LogP contribution in [0, 0.1) is 22.7 Å². The van der Waals surface area contributed by atoms with Crippen molar-refractivity contribution in [2.45, 2.75) is 6.04 Å². The third kappa shape index (κ3) is 4.18. The van der Waals surface area contributed by atoms with Gasteiger partial charge in [0.15, 0.2) is 0 Å². The van der Waals surface area contributed by atoms with E-state index in [9.17, 15) is 0 Å². The summed E-state index contributed by atoms with van der Waals surface area (Å²) in [5.74, 6) is 1.34. The number of nitriles is 2. The molecule has 0 bridgehead atoms. The molecular weight excluding hydrogens is 406 g/mol. The molecule has 0 amide bonds. The lowest BCUT2D eigenvalue weighted by atomic mass is 10.0. The summed E-state index contributed by atoms with van der Waals surface area (Å²) >= 11 is 0. The highest BCUT2D eigenvalue weighted by molar-refractivity contribution is 5.77. The Labute approximate surface area is 182 Å². The van der Waals surface area contributed by atoms with Gasteiger partial charge in [-0.3, -0.25) is 0 Å². The zero-order valence-electron chi connectivity index (χ0n) is 16.7. The highest BCUT2D eigenvalue weighted by Gasteiger charge is 2.17. The zero-order valence-corrected chi connectivity index (χ0v) is 16.7. The molecule has 11 heteroatoms. The minimum atomic E-state index is -0.585. The van der Waals surface area contributed by atoms with Crippen molar-refractivity contribution in [2.24, 2.45) is 5.73 Å². The number of benzene rings is 1. The molecule has 0 aliphatic carbocycles. The van der Waals surface area contributed by atoms with Crippen molar-refractivity contribution in [2.75, 3.05) is 17.6 Å². The van der Waals surface area contributed by atoms with E-state index in [1.54, 1.807) is 30.7 Å². The van der Waals surface area contributed by atoms with Crippen LogP contribution in [0.4, 0.5) is 11.8 Å². The minimum absolute atomic E-state index is 0.0840. The van der Waals surface area contributed by atoms with Gasteiger partial charge in [-0.05, 0) is 12.1 Å². The van der Waals surface area contributed by atoms with Gasteiger partial charge >= 0.3 is 0 Å². The number of H-pyrrole nitrogens is 1. The van der Waals surface area contributed by atoms with Gasteiger partial charge in [0.2, 0.25) is 5.95 Å². The lowest BCUT2D eigenvalue weighted by Gasteiger charge is -2.14. The summed E-state index contributed by atoms with van der Waals surface area (Å²) in [6.45, 7) is 0.234. The van der Waals surface area contributed by atoms with E-state index in [-0.39, 0.29) is 23.9 Å². The summed E-state index contributed by atoms with van der Waals surface area (Å²) < 4.78 is 0. The van der Waals surface area contributed by atoms with Gasteiger partial charge in [-0.15, -0.1) is 0 Å². The molecule has 0 aliphatic heterocycles. The van der Waals surface area contributed by atoms with Crippen LogP contribution < -0.4 is 16.8 Å². The van der Waals surface area contributed by atoms with Crippen LogP contribution in [-0.2, 0) is 0 Å². The fourth-order valence-electron chi connectivity index (χ4n) is 2.94. The van der Waals surface area contributed by atoms with Gasteiger partial charge < -0.3 is 21.8 Å². The van der Waals surface area contributed by atoms with Gasteiger partial charge in [-0.25, -0.2) is 19.9 Å². The Morgan fingerprint density at radius 1 is 1.03 bits per heavy atom. The van der Waals surface area contributed by atoms with E-state index in [2.05, 4.69) is 41.3 Å². The second kappa shape index (κ2) is 8.87. The molecule has 1 aromatic carbocycles. The third-order valence-corrected chi connectivity index (χ3v) is 4.60. The fraction of sp³-hybridized carbons (Fsp3) is 0.0952. The van der Waals surface area contributed by atoms with Crippen LogP contribution in [0.25, 0.3) is 22.6 Å². The molecule has 3 aromatic heterocycles. The maximum absolute atomic E-state index is 9.07. The van der Waals surface area contributed by atoms with Crippen molar-refractivity contribution in [3.63, 3.8) is 0 Å². The first-order valence-corrected chi connectivity index (χ1v) is 9.48. The van der Waals surface area contributed by atoms with Gasteiger partial charge in [0.05, 0.1) is 35.1 Å². The average molecular weight is 423 g/mol. The van der Waals surface area contributed by atoms with Gasteiger partial charge in [-0.1, -0.05) is 12.1 Å². The van der Waals surface area contributed by atoms with Crippen molar-refractivity contribution in [1.29, 1.82) is 10.5 Å². The summed E-state index contributed by atoms with van der Waals surface area (Å²) in [5.41, 5.74) is 14.9. The van der Waals surface area contributed by atoms with E-state index in [1.165, 1.54) is 6.20 Å². The Morgan fingerprint density at radius 3 is 2.50 bits per heavy atom. The molecule has 1 atom stereocenters. The van der Waals surface area contributed by atoms with Crippen LogP contribution in [0.5, 0.6) is 0 Å². The minimum Gasteiger partial charge on any atom is -0.382 e. The SMILES string of the molecule is N#Cc1ccc(-c2nc(C(N)CNc3ncc(C#N)c(N)n3)ncc2-c2ncc[nH]2)cc1. The first kappa shape index (κ1) is 20.4. The van der Waals surface area contributed by atoms with E-state index < -0.39 is 6.04 Å². The summed E-state index contributed by atoms with van der Waals surface area (Å²) in [7, 11) is 0. The topological polar surface area (TPSA) is 192 Å². The Morgan fingerprint density at radius 2 is 1.84 bits per heavy atom. The van der Waals surface area contributed by atoms with E-state index in [0.29, 0.717) is 28.5 Å². The molecule has 0 radical (unpaired) electrons. The Hall–Kier alpha value is -4.87. The lowest BCUT2D eigenvalue weighted by molar-refractivity contribution is 0.699. The average Bonchev–Trinajstić information content (AvgIpc) is 3.37. The molecule has 0 saturated carbocycles. The molecule has 4 rings (SSSR count). The molecule has 156 valence electrons. The highest BCUT2D eigenvalue weighted by atomic mass is 15.1. The molecule has 0 fully saturated rings. The highest BCUT2D eigenvalue weighted by Crippen LogP contribution is 2.29. The second-order valence-electron chi connectivity index (χ2n) is 6.71. The van der Waals surface area contributed by atoms with Crippen LogP contribution >= 0.6 is 0 Å². The van der Waals surface area contributed by atoms with E-state index in [4.69, 9.17) is 22.0 Å². The van der Waals surface area contributed by atoms with E-state index in [1.807, 2.05) is 18.2 Å². The quantitative estimate of drug-likeness (QED) is 0.355. The Kier molecular flexibility index (Phi) is 5.66. The predicted molar refractivity (Wildman–Crippen MR) is 116 cm³/mol. The van der Waals surface area contributed by atoms with Crippen molar-refractivity contribution >= 4 is 11.8 Å². The van der Waals surface area contributed by atoms with Crippen LogP contribution in [-0.4, -0.2) is 36.4 Å². The zero-order chi connectivity index (χ0) is 22.5. The summed E-state index contributed by atoms with van der Waals surface area (Å²) in [6, 6.07) is 10.5. The number of rotatable bonds is 6. The number of anilines is 2. The summed E-state index contributed by atoms with van der Waals surface area (Å²) in [5, 5.41) is 21.0. The number of hydrogen-bond donors (Lipinski definition) is 4. The van der Waals surface area contributed by atoms with Crippen molar-refractivity contribution in [1.82, 2.24) is 29.9 Å². The largest absolute Gasteiger partial charge is 0.382 e. The number of nitrogens with two attached hydrogens (primary N) is 2. The van der Waals surface area contributed by atoms with E-state index in [0.717, 1.165) is 5.56 Å². The normalized spacial score (nSPS) is 11.3. The standard InChI is InChI=1S/C21H17N11/c22-7-12-1-3-13(4-2-12)17-15(19-26-5-6-27-19)10-28-20(31-17)16(24)11-30-21-29-9-14(8-23)18(25)32-21/h1-6,9-10,16H,11,24H2,(H,26,27)(H3,25,29,30,32). The molecule has 3 heterocycles. The molecule has 11 nitrogen and oxygen atoms in total. The number of hydrogen-bond acceptors (Lipinski definition) is 10. The maximum atomic E-state index is 9.07. The first-order chi connectivity index (χ1) is 15.6. The number of aromatic nitrogens is 6. The molecule has 4 aromatic rings. The molecule has 0 saturated heterocycles. The van der Waals surface area contributed by atoms with Crippen LogP contribution in [0.3, 0.4) is 0 Å². The molecule has 0 aliphatic rings. The Balaban J connectivity index is 1.62. The smallest absolute Gasteiger partial charge is 0.224 e. The van der Waals surface area contributed by atoms with Gasteiger partial charge in [0.25, 0.3) is 0 Å². The molecule has 6 N–H and O–H groups in total. The van der Waals surface area contributed by atoms with Crippen LogP contribution in [0.2, 0.25) is 0 Å². The third-order valence-electron chi connectivity index (χ3n) is 4.60. The molecule has 32 heavy (non-hydrogen) atoms. The van der Waals surface area contributed by atoms with Gasteiger partial charge in [0, 0.05) is 30.7 Å². The van der Waals surface area contributed by atoms with Crippen molar-refractivity contribution in [3.8, 4) is 34.8 Å². The van der Waals surface area contributed by atoms with Gasteiger partial charge in [0.1, 0.15) is 29.1 Å². The van der Waals surface area contributed by atoms with Gasteiger partial charge in [-0.2, -0.15) is 15.5 Å². The molecule has 0 spiro atoms. The van der Waals surface area contributed by atoms with Crippen LogP contribution in [0.15, 0.2) is 49.1 Å². The second-order valence-corrected chi connectivity index (χ2v) is 6.71.